The number of hydrogen-bond acceptors (Lipinski definition) is 4. The van der Waals surface area contributed by atoms with Crippen LogP contribution in [0, 0.1) is 6.92 Å². The first-order chi connectivity index (χ1) is 14.2. The van der Waals surface area contributed by atoms with E-state index in [-0.39, 0.29) is 12.1 Å². The molecule has 0 radical (unpaired) electrons. The number of nitrogens with zero attached hydrogens (tertiary/aromatic N) is 4. The molecule has 29 heavy (non-hydrogen) atoms. The average molecular weight is 388 g/mol. The Labute approximate surface area is 170 Å². The molecule has 0 saturated carbocycles. The van der Waals surface area contributed by atoms with Crippen molar-refractivity contribution in [2.45, 2.75) is 26.0 Å². The zero-order valence-corrected chi connectivity index (χ0v) is 16.4. The zero-order chi connectivity index (χ0) is 20.1. The lowest BCUT2D eigenvalue weighted by Crippen LogP contribution is -2.46. The topological polar surface area (TPSA) is 60.2 Å². The summed E-state index contributed by atoms with van der Waals surface area (Å²) in [7, 11) is 0. The van der Waals surface area contributed by atoms with E-state index in [1.54, 1.807) is 11.1 Å². The molecule has 1 amide bonds. The smallest absolute Gasteiger partial charge is 0.346 e. The Hall–Kier alpha value is -3.25. The Morgan fingerprint density at radius 1 is 1.14 bits per heavy atom. The van der Waals surface area contributed by atoms with Gasteiger partial charge in [0.15, 0.2) is 0 Å². The van der Waals surface area contributed by atoms with Gasteiger partial charge in [-0.2, -0.15) is 4.68 Å². The van der Waals surface area contributed by atoms with Gasteiger partial charge in [0.25, 0.3) is 0 Å². The summed E-state index contributed by atoms with van der Waals surface area (Å²) in [5.41, 5.74) is 3.92. The lowest BCUT2D eigenvalue weighted by molar-refractivity contribution is 0.0748. The van der Waals surface area contributed by atoms with Crippen molar-refractivity contribution in [3.63, 3.8) is 0 Å². The van der Waals surface area contributed by atoms with Crippen LogP contribution >= 0.6 is 0 Å². The minimum atomic E-state index is -0.187. The lowest BCUT2D eigenvalue weighted by Gasteiger charge is -2.31. The van der Waals surface area contributed by atoms with Gasteiger partial charge in [-0.15, -0.1) is 5.10 Å². The van der Waals surface area contributed by atoms with Crippen molar-refractivity contribution >= 4 is 6.03 Å². The summed E-state index contributed by atoms with van der Waals surface area (Å²) in [5, 5.41) is 8.24. The molecular weight excluding hydrogens is 364 g/mol. The van der Waals surface area contributed by atoms with E-state index in [1.165, 1.54) is 10.2 Å². The fourth-order valence-electron chi connectivity index (χ4n) is 3.34. The second-order valence-electron chi connectivity index (χ2n) is 7.18. The number of rotatable bonds is 5. The molecule has 0 N–H and O–H groups in total. The molecule has 6 heteroatoms. The Bertz CT molecular complexity index is 980. The lowest BCUT2D eigenvalue weighted by atomic mass is 10.1. The van der Waals surface area contributed by atoms with Gasteiger partial charge >= 0.3 is 6.03 Å². The van der Waals surface area contributed by atoms with Crippen LogP contribution < -0.4 is 0 Å². The van der Waals surface area contributed by atoms with Gasteiger partial charge in [0, 0.05) is 12.1 Å². The maximum absolute atomic E-state index is 13.0. The van der Waals surface area contributed by atoms with Gasteiger partial charge in [-0.05, 0) is 18.9 Å². The Morgan fingerprint density at radius 3 is 2.72 bits per heavy atom. The summed E-state index contributed by atoms with van der Waals surface area (Å²) in [6.45, 7) is 3.63. The highest BCUT2D eigenvalue weighted by atomic mass is 16.5. The minimum absolute atomic E-state index is 0.119. The molecule has 2 heterocycles. The van der Waals surface area contributed by atoms with Crippen LogP contribution in [0.25, 0.3) is 11.3 Å². The first kappa shape index (κ1) is 19.1. The normalized spacial score (nSPS) is 16.2. The molecule has 0 saturated heterocycles. The third kappa shape index (κ3) is 4.60. The molecule has 0 aliphatic carbocycles. The standard InChI is InChI=1S/C23H24N4O2/c1-18-10-12-20(13-11-18)22-15-27(25-24-22)23(28)26-14-6-5-9-21(26)17-29-16-19-7-3-2-4-8-19/h2-5,7-13,15,21H,6,14,16-17H2,1H3/t21-/m1/s1. The number of ether oxygens (including phenoxy) is 1. The van der Waals surface area contributed by atoms with Gasteiger partial charge in [0.2, 0.25) is 0 Å². The molecule has 148 valence electrons. The van der Waals surface area contributed by atoms with Gasteiger partial charge in [-0.3, -0.25) is 0 Å². The molecular formula is C23H24N4O2. The number of aryl methyl sites for hydroxylation is 1. The first-order valence-electron chi connectivity index (χ1n) is 9.79. The Morgan fingerprint density at radius 2 is 1.93 bits per heavy atom. The molecule has 1 atom stereocenters. The van der Waals surface area contributed by atoms with Gasteiger partial charge < -0.3 is 9.64 Å². The van der Waals surface area contributed by atoms with E-state index in [0.717, 1.165) is 17.5 Å². The van der Waals surface area contributed by atoms with Gasteiger partial charge in [-0.25, -0.2) is 4.79 Å². The number of benzene rings is 2. The van der Waals surface area contributed by atoms with Crippen LogP contribution in [0.15, 0.2) is 72.9 Å². The highest BCUT2D eigenvalue weighted by molar-refractivity contribution is 5.77. The van der Waals surface area contributed by atoms with Crippen LogP contribution in [0.3, 0.4) is 0 Å². The summed E-state index contributed by atoms with van der Waals surface area (Å²) >= 11 is 0. The van der Waals surface area contributed by atoms with Crippen molar-refractivity contribution in [2.24, 2.45) is 0 Å². The maximum Gasteiger partial charge on any atom is 0.346 e. The fraction of sp³-hybridized carbons (Fsp3) is 0.261. The maximum atomic E-state index is 13.0. The first-order valence-corrected chi connectivity index (χ1v) is 9.79. The molecule has 0 unspecified atom stereocenters. The van der Waals surface area contributed by atoms with Crippen molar-refractivity contribution in [3.8, 4) is 11.3 Å². The predicted octanol–water partition coefficient (Wildman–Crippen LogP) is 4.07. The molecule has 1 aliphatic heterocycles. The van der Waals surface area contributed by atoms with Crippen LogP contribution in [0.1, 0.15) is 17.5 Å². The second-order valence-corrected chi connectivity index (χ2v) is 7.18. The van der Waals surface area contributed by atoms with Crippen LogP contribution in [-0.2, 0) is 11.3 Å². The summed E-state index contributed by atoms with van der Waals surface area (Å²) < 4.78 is 7.19. The van der Waals surface area contributed by atoms with E-state index in [9.17, 15) is 4.79 Å². The zero-order valence-electron chi connectivity index (χ0n) is 16.4. The largest absolute Gasteiger partial charge is 0.374 e. The summed E-state index contributed by atoms with van der Waals surface area (Å²) in [6, 6.07) is 17.7. The SMILES string of the molecule is Cc1ccc(-c2cn(C(=O)N3CCC=C[C@@H]3COCc3ccccc3)nn2)cc1. The molecule has 0 fully saturated rings. The van der Waals surface area contributed by atoms with Crippen molar-refractivity contribution in [1.29, 1.82) is 0 Å². The number of hydrogen-bond donors (Lipinski definition) is 0. The monoisotopic (exact) mass is 388 g/mol. The molecule has 3 aromatic rings. The van der Waals surface area contributed by atoms with E-state index in [1.807, 2.05) is 67.6 Å². The number of carbonyl (C=O) groups excluding carboxylic acids is 1. The van der Waals surface area contributed by atoms with Crippen LogP contribution in [-0.4, -0.2) is 45.1 Å². The van der Waals surface area contributed by atoms with Crippen LogP contribution in [0.2, 0.25) is 0 Å². The van der Waals surface area contributed by atoms with E-state index in [0.29, 0.717) is 25.5 Å². The highest BCUT2D eigenvalue weighted by Gasteiger charge is 2.26. The summed E-state index contributed by atoms with van der Waals surface area (Å²) in [6.07, 6.45) is 6.64. The predicted molar refractivity (Wildman–Crippen MR) is 111 cm³/mol. The summed E-state index contributed by atoms with van der Waals surface area (Å²) in [5.74, 6) is 0. The van der Waals surface area contributed by atoms with Crippen molar-refractivity contribution in [1.82, 2.24) is 19.9 Å². The third-order valence-electron chi connectivity index (χ3n) is 4.98. The molecule has 0 bridgehead atoms. The van der Waals surface area contributed by atoms with E-state index < -0.39 is 0 Å². The number of carbonyl (C=O) groups is 1. The number of aromatic nitrogens is 3. The molecule has 1 aromatic heterocycles. The van der Waals surface area contributed by atoms with Crippen LogP contribution in [0.4, 0.5) is 4.79 Å². The quantitative estimate of drug-likeness (QED) is 0.618. The van der Waals surface area contributed by atoms with E-state index in [2.05, 4.69) is 16.4 Å². The molecule has 1 aliphatic rings. The van der Waals surface area contributed by atoms with Crippen LogP contribution in [0.5, 0.6) is 0 Å². The molecule has 2 aromatic carbocycles. The van der Waals surface area contributed by atoms with E-state index >= 15 is 0 Å². The van der Waals surface area contributed by atoms with E-state index in [4.69, 9.17) is 4.74 Å². The van der Waals surface area contributed by atoms with Gasteiger partial charge in [0.1, 0.15) is 5.69 Å². The minimum Gasteiger partial charge on any atom is -0.374 e. The fourth-order valence-corrected chi connectivity index (χ4v) is 3.34. The number of amides is 1. The van der Waals surface area contributed by atoms with Crippen molar-refractivity contribution < 1.29 is 9.53 Å². The van der Waals surface area contributed by atoms with Gasteiger partial charge in [-0.1, -0.05) is 77.5 Å². The Kier molecular flexibility index (Phi) is 5.81. The summed E-state index contributed by atoms with van der Waals surface area (Å²) in [4.78, 5) is 14.8. The highest BCUT2D eigenvalue weighted by Crippen LogP contribution is 2.18. The molecule has 0 spiro atoms. The van der Waals surface area contributed by atoms with Gasteiger partial charge in [0.05, 0.1) is 25.5 Å². The Balaban J connectivity index is 1.42. The molecule has 6 nitrogen and oxygen atoms in total. The average Bonchev–Trinajstić information content (AvgIpc) is 3.25. The second kappa shape index (κ2) is 8.84. The van der Waals surface area contributed by atoms with Crippen molar-refractivity contribution in [3.05, 3.63) is 84.1 Å². The molecule has 4 rings (SSSR count). The van der Waals surface area contributed by atoms with Crippen molar-refractivity contribution in [2.75, 3.05) is 13.2 Å². The third-order valence-corrected chi connectivity index (χ3v) is 4.98.